The summed E-state index contributed by atoms with van der Waals surface area (Å²) in [5, 5.41) is 0. The molecule has 0 fully saturated rings. The van der Waals surface area contributed by atoms with Gasteiger partial charge in [0.2, 0.25) is 0 Å². The zero-order valence-electron chi connectivity index (χ0n) is 11.0. The normalized spacial score (nSPS) is 14.9. The van der Waals surface area contributed by atoms with Gasteiger partial charge in [-0.25, -0.2) is 4.99 Å². The highest BCUT2D eigenvalue weighted by Gasteiger charge is 2.18. The van der Waals surface area contributed by atoms with Crippen molar-refractivity contribution in [2.75, 3.05) is 14.2 Å². The van der Waals surface area contributed by atoms with E-state index < -0.39 is 0 Å². The average molecular weight is 225 g/mol. The molecule has 0 bridgehead atoms. The minimum atomic E-state index is -0.0158. The predicted molar refractivity (Wildman–Crippen MR) is 68.7 cm³/mol. The van der Waals surface area contributed by atoms with Crippen molar-refractivity contribution in [2.24, 2.45) is 10.9 Å². The Bertz CT molecular complexity index is 261. The molecule has 16 heavy (non-hydrogen) atoms. The summed E-state index contributed by atoms with van der Waals surface area (Å²) in [6.45, 7) is 9.90. The van der Waals surface area contributed by atoms with Crippen molar-refractivity contribution in [1.82, 2.24) is 0 Å². The molecule has 0 aromatic carbocycles. The van der Waals surface area contributed by atoms with Crippen molar-refractivity contribution < 1.29 is 9.47 Å². The Balaban J connectivity index is 5.06. The number of aliphatic imine (C=N–C) groups is 1. The summed E-state index contributed by atoms with van der Waals surface area (Å²) in [6, 6.07) is -0.0158. The van der Waals surface area contributed by atoms with Crippen LogP contribution in [0.3, 0.4) is 0 Å². The van der Waals surface area contributed by atoms with Crippen molar-refractivity contribution in [3.05, 3.63) is 24.5 Å². The van der Waals surface area contributed by atoms with Crippen LogP contribution in [0.25, 0.3) is 0 Å². The van der Waals surface area contributed by atoms with Crippen LogP contribution < -0.4 is 0 Å². The first-order valence-corrected chi connectivity index (χ1v) is 5.57. The number of allylic oxidation sites excluding steroid dienone is 2. The van der Waals surface area contributed by atoms with Gasteiger partial charge in [-0.3, -0.25) is 0 Å². The molecule has 0 aliphatic rings. The summed E-state index contributed by atoms with van der Waals surface area (Å²) in [5.41, 5.74) is 0. The lowest BCUT2D eigenvalue weighted by molar-refractivity contribution is 0.245. The molecule has 0 unspecified atom stereocenters. The minimum absolute atomic E-state index is 0.0158. The highest BCUT2D eigenvalue weighted by Crippen LogP contribution is 2.18. The van der Waals surface area contributed by atoms with Crippen LogP contribution in [0.15, 0.2) is 29.5 Å². The summed E-state index contributed by atoms with van der Waals surface area (Å²) >= 11 is 0. The van der Waals surface area contributed by atoms with E-state index in [1.165, 1.54) is 0 Å². The van der Waals surface area contributed by atoms with Crippen molar-refractivity contribution in [3.63, 3.8) is 0 Å². The topological polar surface area (TPSA) is 30.8 Å². The van der Waals surface area contributed by atoms with Gasteiger partial charge in [0.05, 0.1) is 14.2 Å². The Labute approximate surface area is 98.9 Å². The van der Waals surface area contributed by atoms with E-state index in [9.17, 15) is 0 Å². The molecular weight excluding hydrogens is 202 g/mol. The number of methoxy groups -OCH3 is 2. The Hall–Kier alpha value is -1.25. The second-order valence-corrected chi connectivity index (χ2v) is 3.78. The molecule has 0 rings (SSSR count). The van der Waals surface area contributed by atoms with E-state index in [-0.39, 0.29) is 6.04 Å². The van der Waals surface area contributed by atoms with Gasteiger partial charge in [0.25, 0.3) is 0 Å². The van der Waals surface area contributed by atoms with Gasteiger partial charge in [-0.05, 0) is 12.0 Å². The van der Waals surface area contributed by atoms with Crippen LogP contribution in [0.4, 0.5) is 0 Å². The summed E-state index contributed by atoms with van der Waals surface area (Å²) in [4.78, 5) is 4.56. The van der Waals surface area contributed by atoms with E-state index in [1.54, 1.807) is 20.3 Å². The standard InChI is InChI=1S/C13H23NO2/c1-7-9-11(15-5)13(10(3)4)14-12(8-2)16-6/h7,9-10,13H,1,8H2,2-6H3/b11-9-,14-12+/t13-/m1/s1. The van der Waals surface area contributed by atoms with Crippen molar-refractivity contribution in [1.29, 1.82) is 0 Å². The highest BCUT2D eigenvalue weighted by molar-refractivity contribution is 5.76. The van der Waals surface area contributed by atoms with E-state index in [1.807, 2.05) is 13.0 Å². The lowest BCUT2D eigenvalue weighted by Crippen LogP contribution is -2.20. The monoisotopic (exact) mass is 225 g/mol. The molecule has 0 saturated carbocycles. The van der Waals surface area contributed by atoms with Crippen molar-refractivity contribution in [2.45, 2.75) is 33.2 Å². The molecular formula is C13H23NO2. The molecule has 0 heterocycles. The fraction of sp³-hybridized carbons (Fsp3) is 0.615. The molecule has 0 amide bonds. The zero-order valence-corrected chi connectivity index (χ0v) is 11.0. The van der Waals surface area contributed by atoms with Crippen LogP contribution in [0.5, 0.6) is 0 Å². The lowest BCUT2D eigenvalue weighted by atomic mass is 10.0. The molecule has 0 aliphatic heterocycles. The molecule has 3 heteroatoms. The Kier molecular flexibility index (Phi) is 7.34. The van der Waals surface area contributed by atoms with Gasteiger partial charge in [-0.2, -0.15) is 0 Å². The number of nitrogens with zero attached hydrogens (tertiary/aromatic N) is 1. The zero-order chi connectivity index (χ0) is 12.6. The largest absolute Gasteiger partial charge is 0.499 e. The third-order valence-electron chi connectivity index (χ3n) is 2.26. The third kappa shape index (κ3) is 4.51. The Morgan fingerprint density at radius 3 is 2.25 bits per heavy atom. The molecule has 0 aromatic heterocycles. The molecule has 0 N–H and O–H groups in total. The van der Waals surface area contributed by atoms with Crippen LogP contribution >= 0.6 is 0 Å². The lowest BCUT2D eigenvalue weighted by Gasteiger charge is -2.20. The third-order valence-corrected chi connectivity index (χ3v) is 2.26. The number of rotatable bonds is 6. The van der Waals surface area contributed by atoms with Gasteiger partial charge in [0, 0.05) is 6.42 Å². The van der Waals surface area contributed by atoms with E-state index in [0.717, 1.165) is 18.1 Å². The summed E-state index contributed by atoms with van der Waals surface area (Å²) in [7, 11) is 3.29. The molecule has 0 spiro atoms. The maximum Gasteiger partial charge on any atom is 0.183 e. The van der Waals surface area contributed by atoms with Crippen LogP contribution in [-0.2, 0) is 9.47 Å². The molecule has 0 saturated heterocycles. The summed E-state index contributed by atoms with van der Waals surface area (Å²) in [6.07, 6.45) is 4.34. The fourth-order valence-electron chi connectivity index (χ4n) is 1.39. The maximum absolute atomic E-state index is 5.33. The molecule has 0 radical (unpaired) electrons. The number of hydrogen-bond acceptors (Lipinski definition) is 3. The van der Waals surface area contributed by atoms with Crippen LogP contribution in [0.2, 0.25) is 0 Å². The van der Waals surface area contributed by atoms with Gasteiger partial charge in [0.15, 0.2) is 5.90 Å². The van der Waals surface area contributed by atoms with E-state index >= 15 is 0 Å². The van der Waals surface area contributed by atoms with Crippen molar-refractivity contribution in [3.8, 4) is 0 Å². The van der Waals surface area contributed by atoms with E-state index in [0.29, 0.717) is 5.92 Å². The maximum atomic E-state index is 5.33. The number of ether oxygens (including phenoxy) is 2. The average Bonchev–Trinajstić information content (AvgIpc) is 2.28. The number of hydrogen-bond donors (Lipinski definition) is 0. The van der Waals surface area contributed by atoms with Crippen LogP contribution in [0.1, 0.15) is 27.2 Å². The van der Waals surface area contributed by atoms with Gasteiger partial charge < -0.3 is 9.47 Å². The highest BCUT2D eigenvalue weighted by atomic mass is 16.5. The van der Waals surface area contributed by atoms with E-state index in [2.05, 4.69) is 25.4 Å². The second-order valence-electron chi connectivity index (χ2n) is 3.78. The summed E-state index contributed by atoms with van der Waals surface area (Å²) in [5.74, 6) is 1.90. The predicted octanol–water partition coefficient (Wildman–Crippen LogP) is 3.18. The molecule has 1 atom stereocenters. The molecule has 0 aromatic rings. The quantitative estimate of drug-likeness (QED) is 0.301. The van der Waals surface area contributed by atoms with Crippen LogP contribution in [-0.4, -0.2) is 26.2 Å². The Morgan fingerprint density at radius 1 is 1.31 bits per heavy atom. The second kappa shape index (κ2) is 7.97. The smallest absolute Gasteiger partial charge is 0.183 e. The van der Waals surface area contributed by atoms with Gasteiger partial charge >= 0.3 is 0 Å². The van der Waals surface area contributed by atoms with E-state index in [4.69, 9.17) is 9.47 Å². The van der Waals surface area contributed by atoms with Gasteiger partial charge in [-0.15, -0.1) is 0 Å². The van der Waals surface area contributed by atoms with Gasteiger partial charge in [-0.1, -0.05) is 33.4 Å². The molecule has 92 valence electrons. The first-order valence-electron chi connectivity index (χ1n) is 5.57. The Morgan fingerprint density at radius 2 is 1.94 bits per heavy atom. The van der Waals surface area contributed by atoms with Gasteiger partial charge in [0.1, 0.15) is 11.8 Å². The van der Waals surface area contributed by atoms with Crippen LogP contribution in [0, 0.1) is 5.92 Å². The summed E-state index contributed by atoms with van der Waals surface area (Å²) < 4.78 is 10.5. The molecule has 0 aliphatic carbocycles. The SMILES string of the molecule is C=C/C=C(\OC)[C@H](/N=C(\CC)OC)C(C)C. The first kappa shape index (κ1) is 14.8. The minimum Gasteiger partial charge on any atom is -0.499 e. The molecule has 3 nitrogen and oxygen atoms in total. The van der Waals surface area contributed by atoms with Crippen molar-refractivity contribution >= 4 is 5.90 Å². The fourth-order valence-corrected chi connectivity index (χ4v) is 1.39. The first-order chi connectivity index (χ1) is 7.60.